The van der Waals surface area contributed by atoms with E-state index in [9.17, 15) is 9.59 Å². The Morgan fingerprint density at radius 3 is 2.71 bits per heavy atom. The van der Waals surface area contributed by atoms with E-state index in [4.69, 9.17) is 4.74 Å². The van der Waals surface area contributed by atoms with E-state index in [2.05, 4.69) is 9.72 Å². The van der Waals surface area contributed by atoms with Gasteiger partial charge in [-0.05, 0) is 6.92 Å². The first kappa shape index (κ1) is 8.68. The van der Waals surface area contributed by atoms with Crippen molar-refractivity contribution in [3.05, 3.63) is 23.0 Å². The zero-order valence-electron chi connectivity index (χ0n) is 7.66. The molecule has 1 aromatic rings. The number of methoxy groups -OCH3 is 1. The standard InChI is InChI=1S/C9H7NO4/c1-4-7(13-2)6-5(3-10-4)8(11)14-9(6)12/h3H,1-2H3. The number of nitrogens with zero attached hydrogens (tertiary/aromatic N) is 1. The summed E-state index contributed by atoms with van der Waals surface area (Å²) >= 11 is 0. The molecule has 2 rings (SSSR count). The number of rotatable bonds is 1. The SMILES string of the molecule is COc1c(C)ncc2c1C(=O)OC2=O. The van der Waals surface area contributed by atoms with Gasteiger partial charge in [0.05, 0.1) is 18.4 Å². The van der Waals surface area contributed by atoms with Crippen molar-refractivity contribution in [3.63, 3.8) is 0 Å². The van der Waals surface area contributed by atoms with Crippen LogP contribution in [0, 0.1) is 6.92 Å². The smallest absolute Gasteiger partial charge is 0.350 e. The molecule has 5 nitrogen and oxygen atoms in total. The van der Waals surface area contributed by atoms with Gasteiger partial charge in [0, 0.05) is 6.20 Å². The van der Waals surface area contributed by atoms with Gasteiger partial charge in [-0.15, -0.1) is 0 Å². The van der Waals surface area contributed by atoms with Crippen LogP contribution in [0.3, 0.4) is 0 Å². The van der Waals surface area contributed by atoms with Crippen LogP contribution in [0.4, 0.5) is 0 Å². The van der Waals surface area contributed by atoms with Crippen molar-refractivity contribution >= 4 is 11.9 Å². The Hall–Kier alpha value is -1.91. The number of carbonyl (C=O) groups is 2. The summed E-state index contributed by atoms with van der Waals surface area (Å²) in [6.07, 6.45) is 1.32. The Labute approximate surface area is 79.7 Å². The van der Waals surface area contributed by atoms with Gasteiger partial charge in [-0.25, -0.2) is 9.59 Å². The summed E-state index contributed by atoms with van der Waals surface area (Å²) in [6.45, 7) is 1.69. The summed E-state index contributed by atoms with van der Waals surface area (Å²) < 4.78 is 9.42. The van der Waals surface area contributed by atoms with Crippen LogP contribution in [0.2, 0.25) is 0 Å². The zero-order chi connectivity index (χ0) is 10.3. The second kappa shape index (κ2) is 2.80. The van der Waals surface area contributed by atoms with Crippen LogP contribution in [0.15, 0.2) is 6.20 Å². The molecular weight excluding hydrogens is 186 g/mol. The molecule has 0 aliphatic carbocycles. The highest BCUT2D eigenvalue weighted by molar-refractivity contribution is 6.16. The van der Waals surface area contributed by atoms with E-state index < -0.39 is 11.9 Å². The number of aromatic nitrogens is 1. The minimum Gasteiger partial charge on any atom is -0.494 e. The third-order valence-electron chi connectivity index (χ3n) is 2.03. The lowest BCUT2D eigenvalue weighted by molar-refractivity contribution is 0.0443. The molecule has 14 heavy (non-hydrogen) atoms. The zero-order valence-corrected chi connectivity index (χ0v) is 7.66. The summed E-state index contributed by atoms with van der Waals surface area (Å²) in [4.78, 5) is 26.3. The minimum absolute atomic E-state index is 0.164. The molecular formula is C9H7NO4. The van der Waals surface area contributed by atoms with Gasteiger partial charge in [0.25, 0.3) is 0 Å². The molecule has 0 N–H and O–H groups in total. The molecule has 0 bridgehead atoms. The van der Waals surface area contributed by atoms with Gasteiger partial charge in [0.2, 0.25) is 0 Å². The maximum absolute atomic E-state index is 11.3. The predicted octanol–water partition coefficient (Wildman–Crippen LogP) is 0.709. The van der Waals surface area contributed by atoms with Crippen molar-refractivity contribution in [1.82, 2.24) is 4.98 Å². The second-order valence-electron chi connectivity index (χ2n) is 2.84. The van der Waals surface area contributed by atoms with Crippen molar-refractivity contribution < 1.29 is 19.1 Å². The van der Waals surface area contributed by atoms with Crippen molar-refractivity contribution in [2.75, 3.05) is 7.11 Å². The number of fused-ring (bicyclic) bond motifs is 1. The molecule has 0 unspecified atom stereocenters. The fraction of sp³-hybridized carbons (Fsp3) is 0.222. The van der Waals surface area contributed by atoms with Crippen LogP contribution in [0.25, 0.3) is 0 Å². The predicted molar refractivity (Wildman–Crippen MR) is 45.3 cm³/mol. The van der Waals surface area contributed by atoms with Crippen LogP contribution in [0.5, 0.6) is 5.75 Å². The van der Waals surface area contributed by atoms with Gasteiger partial charge >= 0.3 is 11.9 Å². The van der Waals surface area contributed by atoms with Crippen molar-refractivity contribution in [1.29, 1.82) is 0 Å². The van der Waals surface area contributed by atoms with Crippen LogP contribution in [-0.2, 0) is 4.74 Å². The van der Waals surface area contributed by atoms with E-state index in [1.807, 2.05) is 0 Å². The molecule has 2 heterocycles. The molecule has 1 aliphatic heterocycles. The molecule has 0 saturated heterocycles. The lowest BCUT2D eigenvalue weighted by Crippen LogP contribution is -2.01. The number of ether oxygens (including phenoxy) is 2. The molecule has 0 spiro atoms. The van der Waals surface area contributed by atoms with Crippen LogP contribution in [-0.4, -0.2) is 24.0 Å². The first-order valence-electron chi connectivity index (χ1n) is 3.95. The molecule has 5 heteroatoms. The monoisotopic (exact) mass is 193 g/mol. The molecule has 0 amide bonds. The molecule has 0 saturated carbocycles. The van der Waals surface area contributed by atoms with Crippen molar-refractivity contribution in [3.8, 4) is 5.75 Å². The van der Waals surface area contributed by atoms with Crippen molar-refractivity contribution in [2.45, 2.75) is 6.92 Å². The van der Waals surface area contributed by atoms with Gasteiger partial charge in [-0.3, -0.25) is 4.98 Å². The lowest BCUT2D eigenvalue weighted by Gasteiger charge is -2.05. The van der Waals surface area contributed by atoms with Gasteiger partial charge in [0.15, 0.2) is 5.75 Å². The summed E-state index contributed by atoms with van der Waals surface area (Å²) in [6, 6.07) is 0. The Morgan fingerprint density at radius 2 is 2.07 bits per heavy atom. The van der Waals surface area contributed by atoms with Gasteiger partial charge in [-0.2, -0.15) is 0 Å². The summed E-state index contributed by atoms with van der Waals surface area (Å²) in [7, 11) is 1.42. The highest BCUT2D eigenvalue weighted by Gasteiger charge is 2.34. The fourth-order valence-electron chi connectivity index (χ4n) is 1.39. The normalized spacial score (nSPS) is 13.9. The van der Waals surface area contributed by atoms with E-state index in [0.29, 0.717) is 11.4 Å². The largest absolute Gasteiger partial charge is 0.494 e. The molecule has 1 aromatic heterocycles. The molecule has 0 radical (unpaired) electrons. The topological polar surface area (TPSA) is 65.5 Å². The number of hydrogen-bond donors (Lipinski definition) is 0. The Kier molecular flexibility index (Phi) is 1.73. The Balaban J connectivity index is 2.74. The highest BCUT2D eigenvalue weighted by atomic mass is 16.6. The van der Waals surface area contributed by atoms with E-state index in [1.54, 1.807) is 6.92 Å². The number of aryl methyl sites for hydroxylation is 1. The molecule has 0 fully saturated rings. The van der Waals surface area contributed by atoms with E-state index in [0.717, 1.165) is 0 Å². The maximum atomic E-state index is 11.3. The molecule has 0 atom stereocenters. The number of carbonyl (C=O) groups excluding carboxylic acids is 2. The second-order valence-corrected chi connectivity index (χ2v) is 2.84. The average Bonchev–Trinajstić information content (AvgIpc) is 2.43. The van der Waals surface area contributed by atoms with Gasteiger partial charge in [0.1, 0.15) is 5.56 Å². The molecule has 72 valence electrons. The maximum Gasteiger partial charge on any atom is 0.350 e. The minimum atomic E-state index is -0.674. The Bertz CT molecular complexity index is 439. The van der Waals surface area contributed by atoms with Gasteiger partial charge in [-0.1, -0.05) is 0 Å². The lowest BCUT2D eigenvalue weighted by atomic mass is 10.1. The Morgan fingerprint density at radius 1 is 1.36 bits per heavy atom. The summed E-state index contributed by atoms with van der Waals surface area (Å²) in [5.74, 6) is -1.04. The average molecular weight is 193 g/mol. The van der Waals surface area contributed by atoms with E-state index in [-0.39, 0.29) is 11.1 Å². The summed E-state index contributed by atoms with van der Waals surface area (Å²) in [5, 5.41) is 0. The first-order valence-corrected chi connectivity index (χ1v) is 3.95. The van der Waals surface area contributed by atoms with Crippen LogP contribution < -0.4 is 4.74 Å². The number of cyclic esters (lactones) is 2. The third-order valence-corrected chi connectivity index (χ3v) is 2.03. The van der Waals surface area contributed by atoms with Crippen LogP contribution >= 0.6 is 0 Å². The highest BCUT2D eigenvalue weighted by Crippen LogP contribution is 2.30. The van der Waals surface area contributed by atoms with E-state index in [1.165, 1.54) is 13.3 Å². The van der Waals surface area contributed by atoms with Crippen LogP contribution in [0.1, 0.15) is 26.4 Å². The number of pyridine rings is 1. The quantitative estimate of drug-likeness (QED) is 0.485. The fourth-order valence-corrected chi connectivity index (χ4v) is 1.39. The van der Waals surface area contributed by atoms with E-state index >= 15 is 0 Å². The summed E-state index contributed by atoms with van der Waals surface area (Å²) in [5.41, 5.74) is 0.889. The first-order chi connectivity index (χ1) is 6.65. The number of hydrogen-bond acceptors (Lipinski definition) is 5. The van der Waals surface area contributed by atoms with Gasteiger partial charge < -0.3 is 9.47 Å². The third kappa shape index (κ3) is 0.985. The molecule has 1 aliphatic rings. The van der Waals surface area contributed by atoms with Crippen molar-refractivity contribution in [2.24, 2.45) is 0 Å². The number of esters is 2. The molecule has 0 aromatic carbocycles.